The summed E-state index contributed by atoms with van der Waals surface area (Å²) >= 11 is 0. The van der Waals surface area contributed by atoms with Crippen LogP contribution >= 0.6 is 0 Å². The van der Waals surface area contributed by atoms with Crippen LogP contribution in [-0.4, -0.2) is 44.8 Å². The molecule has 1 amide bonds. The summed E-state index contributed by atoms with van der Waals surface area (Å²) in [6, 6.07) is 8.48. The maximum Gasteiger partial charge on any atom is 0.250 e. The molecule has 0 aliphatic carbocycles. The van der Waals surface area contributed by atoms with Gasteiger partial charge in [0.15, 0.2) is 0 Å². The molecule has 1 aromatic carbocycles. The molecular weight excluding hydrogens is 278 g/mol. The molecule has 1 aromatic rings. The molecule has 2 atom stereocenters. The molecule has 2 aliphatic heterocycles. The molecule has 0 radical (unpaired) electrons. The van der Waals surface area contributed by atoms with Gasteiger partial charge in [-0.05, 0) is 37.5 Å². The normalized spacial score (nSPS) is 23.3. The van der Waals surface area contributed by atoms with Crippen molar-refractivity contribution in [2.75, 3.05) is 37.7 Å². The predicted molar refractivity (Wildman–Crippen MR) is 87.1 cm³/mol. The molecule has 2 heterocycles. The Morgan fingerprint density at radius 1 is 1.41 bits per heavy atom. The molecule has 120 valence electrons. The lowest BCUT2D eigenvalue weighted by Gasteiger charge is -2.25. The number of anilines is 1. The average Bonchev–Trinajstić information content (AvgIpc) is 3.10. The van der Waals surface area contributed by atoms with Gasteiger partial charge in [-0.1, -0.05) is 12.1 Å². The second kappa shape index (κ2) is 7.11. The number of benzene rings is 1. The lowest BCUT2D eigenvalue weighted by Crippen LogP contribution is -2.48. The number of hydrogen-bond acceptors (Lipinski definition) is 4. The van der Waals surface area contributed by atoms with Crippen molar-refractivity contribution in [2.24, 2.45) is 0 Å². The fourth-order valence-corrected chi connectivity index (χ4v) is 3.09. The standard InChI is InChI=1S/C17H25N3O2/c1-13(19-17(21)16-12-18-7-10-22-16)14-5-4-6-15(11-14)20-8-2-3-9-20/h4-6,11,13,16,18H,2-3,7-10,12H2,1H3,(H,19,21). The van der Waals surface area contributed by atoms with Gasteiger partial charge < -0.3 is 20.3 Å². The Morgan fingerprint density at radius 2 is 2.23 bits per heavy atom. The molecule has 0 saturated carbocycles. The monoisotopic (exact) mass is 303 g/mol. The van der Waals surface area contributed by atoms with E-state index in [1.165, 1.54) is 18.5 Å². The van der Waals surface area contributed by atoms with Crippen LogP contribution in [0, 0.1) is 0 Å². The van der Waals surface area contributed by atoms with Crippen LogP contribution in [0.2, 0.25) is 0 Å². The van der Waals surface area contributed by atoms with Gasteiger partial charge in [-0.25, -0.2) is 0 Å². The Hall–Kier alpha value is -1.59. The van der Waals surface area contributed by atoms with Crippen molar-refractivity contribution in [1.29, 1.82) is 0 Å². The number of carbonyl (C=O) groups is 1. The number of ether oxygens (including phenoxy) is 1. The Morgan fingerprint density at radius 3 is 2.95 bits per heavy atom. The highest BCUT2D eigenvalue weighted by Gasteiger charge is 2.23. The molecule has 2 unspecified atom stereocenters. The molecule has 0 aromatic heterocycles. The summed E-state index contributed by atoms with van der Waals surface area (Å²) in [6.45, 7) is 6.29. The summed E-state index contributed by atoms with van der Waals surface area (Å²) in [6.07, 6.45) is 2.16. The second-order valence-electron chi connectivity index (χ2n) is 6.08. The van der Waals surface area contributed by atoms with Crippen LogP contribution in [0.3, 0.4) is 0 Å². The number of rotatable bonds is 4. The van der Waals surface area contributed by atoms with Crippen molar-refractivity contribution in [2.45, 2.75) is 31.9 Å². The zero-order valence-corrected chi connectivity index (χ0v) is 13.2. The maximum atomic E-state index is 12.2. The predicted octanol–water partition coefficient (Wildman–Crippen LogP) is 1.45. The molecular formula is C17H25N3O2. The fourth-order valence-electron chi connectivity index (χ4n) is 3.09. The minimum atomic E-state index is -0.377. The smallest absolute Gasteiger partial charge is 0.250 e. The van der Waals surface area contributed by atoms with Crippen LogP contribution in [0.4, 0.5) is 5.69 Å². The van der Waals surface area contributed by atoms with Gasteiger partial charge in [-0.15, -0.1) is 0 Å². The largest absolute Gasteiger partial charge is 0.372 e. The van der Waals surface area contributed by atoms with E-state index in [2.05, 4.69) is 39.8 Å². The van der Waals surface area contributed by atoms with Gasteiger partial charge in [0.2, 0.25) is 0 Å². The zero-order chi connectivity index (χ0) is 15.4. The van der Waals surface area contributed by atoms with Gasteiger partial charge >= 0.3 is 0 Å². The lowest BCUT2D eigenvalue weighted by atomic mass is 10.1. The highest BCUT2D eigenvalue weighted by molar-refractivity contribution is 5.81. The summed E-state index contributed by atoms with van der Waals surface area (Å²) in [5.41, 5.74) is 2.40. The van der Waals surface area contributed by atoms with Gasteiger partial charge in [-0.3, -0.25) is 4.79 Å². The van der Waals surface area contributed by atoms with Crippen LogP contribution in [0.5, 0.6) is 0 Å². The van der Waals surface area contributed by atoms with Gasteiger partial charge in [0.05, 0.1) is 12.6 Å². The Bertz CT molecular complexity index is 508. The van der Waals surface area contributed by atoms with E-state index in [0.717, 1.165) is 25.2 Å². The number of hydrogen-bond donors (Lipinski definition) is 2. The molecule has 2 saturated heterocycles. The first-order chi connectivity index (χ1) is 10.7. The third-order valence-electron chi connectivity index (χ3n) is 4.42. The Balaban J connectivity index is 1.62. The number of morpholine rings is 1. The topological polar surface area (TPSA) is 53.6 Å². The third kappa shape index (κ3) is 3.59. The van der Waals surface area contributed by atoms with E-state index < -0.39 is 0 Å². The molecule has 2 N–H and O–H groups in total. The average molecular weight is 303 g/mol. The maximum absolute atomic E-state index is 12.2. The molecule has 0 spiro atoms. The lowest BCUT2D eigenvalue weighted by molar-refractivity contribution is -0.134. The van der Waals surface area contributed by atoms with Crippen LogP contribution in [0.15, 0.2) is 24.3 Å². The van der Waals surface area contributed by atoms with Crippen molar-refractivity contribution in [3.8, 4) is 0 Å². The van der Waals surface area contributed by atoms with E-state index in [0.29, 0.717) is 13.2 Å². The Labute approximate surface area is 132 Å². The first-order valence-electron chi connectivity index (χ1n) is 8.21. The number of amides is 1. The van der Waals surface area contributed by atoms with Crippen molar-refractivity contribution >= 4 is 11.6 Å². The number of nitrogens with zero attached hydrogens (tertiary/aromatic N) is 1. The summed E-state index contributed by atoms with van der Waals surface area (Å²) in [4.78, 5) is 14.6. The minimum Gasteiger partial charge on any atom is -0.372 e. The summed E-state index contributed by atoms with van der Waals surface area (Å²) in [5.74, 6) is -0.0359. The van der Waals surface area contributed by atoms with E-state index >= 15 is 0 Å². The van der Waals surface area contributed by atoms with E-state index in [1.807, 2.05) is 6.92 Å². The summed E-state index contributed by atoms with van der Waals surface area (Å²) in [5, 5.41) is 6.24. The fraction of sp³-hybridized carbons (Fsp3) is 0.588. The van der Waals surface area contributed by atoms with Crippen LogP contribution in [-0.2, 0) is 9.53 Å². The summed E-state index contributed by atoms with van der Waals surface area (Å²) < 4.78 is 5.50. The molecule has 5 heteroatoms. The van der Waals surface area contributed by atoms with Crippen molar-refractivity contribution in [3.05, 3.63) is 29.8 Å². The third-order valence-corrected chi connectivity index (χ3v) is 4.42. The second-order valence-corrected chi connectivity index (χ2v) is 6.08. The van der Waals surface area contributed by atoms with E-state index in [9.17, 15) is 4.79 Å². The van der Waals surface area contributed by atoms with E-state index in [-0.39, 0.29) is 18.1 Å². The van der Waals surface area contributed by atoms with Crippen molar-refractivity contribution in [1.82, 2.24) is 10.6 Å². The van der Waals surface area contributed by atoms with Crippen LogP contribution in [0.25, 0.3) is 0 Å². The molecule has 5 nitrogen and oxygen atoms in total. The highest BCUT2D eigenvalue weighted by atomic mass is 16.5. The van der Waals surface area contributed by atoms with E-state index in [1.54, 1.807) is 0 Å². The van der Waals surface area contributed by atoms with Crippen LogP contribution < -0.4 is 15.5 Å². The first kappa shape index (κ1) is 15.3. The van der Waals surface area contributed by atoms with Gasteiger partial charge in [0, 0.05) is 31.9 Å². The van der Waals surface area contributed by atoms with Crippen molar-refractivity contribution in [3.63, 3.8) is 0 Å². The van der Waals surface area contributed by atoms with E-state index in [4.69, 9.17) is 4.74 Å². The minimum absolute atomic E-state index is 0.0134. The van der Waals surface area contributed by atoms with Gasteiger partial charge in [0.25, 0.3) is 5.91 Å². The molecule has 2 fully saturated rings. The van der Waals surface area contributed by atoms with Crippen molar-refractivity contribution < 1.29 is 9.53 Å². The molecule has 0 bridgehead atoms. The molecule has 2 aliphatic rings. The van der Waals surface area contributed by atoms with Crippen LogP contribution in [0.1, 0.15) is 31.4 Å². The highest BCUT2D eigenvalue weighted by Crippen LogP contribution is 2.24. The zero-order valence-electron chi connectivity index (χ0n) is 13.2. The molecule has 22 heavy (non-hydrogen) atoms. The van der Waals surface area contributed by atoms with Gasteiger partial charge in [-0.2, -0.15) is 0 Å². The Kier molecular flexibility index (Phi) is 4.95. The first-order valence-corrected chi connectivity index (χ1v) is 8.21. The summed E-state index contributed by atoms with van der Waals surface area (Å²) in [7, 11) is 0. The molecule has 3 rings (SSSR count). The number of carbonyl (C=O) groups excluding carboxylic acids is 1. The quantitative estimate of drug-likeness (QED) is 0.884. The SMILES string of the molecule is CC(NC(=O)C1CNCCO1)c1cccc(N2CCCC2)c1. The van der Waals surface area contributed by atoms with Gasteiger partial charge in [0.1, 0.15) is 6.10 Å². The number of nitrogens with one attached hydrogen (secondary N) is 2.